The van der Waals surface area contributed by atoms with Crippen molar-refractivity contribution in [2.45, 2.75) is 31.3 Å². The van der Waals surface area contributed by atoms with Crippen molar-refractivity contribution >= 4 is 27.6 Å². The highest BCUT2D eigenvalue weighted by Gasteiger charge is 2.25. The first-order valence-electron chi connectivity index (χ1n) is 10.3. The molecule has 4 aromatic rings. The van der Waals surface area contributed by atoms with E-state index in [0.29, 0.717) is 13.0 Å². The summed E-state index contributed by atoms with van der Waals surface area (Å²) in [6.45, 7) is 0.638. The number of para-hydroxylation sites is 1. The van der Waals surface area contributed by atoms with Crippen molar-refractivity contribution < 1.29 is 9.53 Å². The Labute approximate surface area is 174 Å². The number of carbonyl (C=O) groups is 1. The maximum atomic E-state index is 12.9. The van der Waals surface area contributed by atoms with Crippen LogP contribution in [-0.2, 0) is 11.2 Å². The number of fused-ring (bicyclic) bond motifs is 4. The number of rotatable bonds is 4. The number of carbonyl (C=O) groups excluding carboxylic acids is 1. The van der Waals surface area contributed by atoms with Crippen molar-refractivity contribution in [3.8, 4) is 5.75 Å². The quantitative estimate of drug-likeness (QED) is 0.488. The molecular weight excluding hydrogens is 376 g/mol. The Morgan fingerprint density at radius 1 is 1.13 bits per heavy atom. The predicted octanol–water partition coefficient (Wildman–Crippen LogP) is 3.62. The summed E-state index contributed by atoms with van der Waals surface area (Å²) in [4.78, 5) is 12.9. The molecule has 30 heavy (non-hydrogen) atoms. The lowest BCUT2D eigenvalue weighted by Crippen LogP contribution is -2.43. The maximum absolute atomic E-state index is 12.9. The first kappa shape index (κ1) is 18.6. The summed E-state index contributed by atoms with van der Waals surface area (Å²) in [5.74, 6) is 0.698. The molecule has 1 aromatic heterocycles. The number of H-pyrrole nitrogens is 1. The number of hydrogen-bond acceptors (Lipinski definition) is 4. The Morgan fingerprint density at radius 2 is 1.93 bits per heavy atom. The van der Waals surface area contributed by atoms with E-state index >= 15 is 0 Å². The standard InChI is InChI=1S/C24H24N4O2/c25-19(14-22-17-8-3-4-9-21(17)27-28-22)24(29)26-20-10-5-13-30-23-16-7-2-1-6-15(16)11-12-18(20)23/h1-4,6-9,11-12,19-20H,5,10,13-14,25H2,(H,26,29)(H,27,28). The third-order valence-electron chi connectivity index (χ3n) is 5.79. The van der Waals surface area contributed by atoms with Gasteiger partial charge >= 0.3 is 0 Å². The monoisotopic (exact) mass is 400 g/mol. The van der Waals surface area contributed by atoms with Gasteiger partial charge in [0.05, 0.1) is 24.2 Å². The Kier molecular flexibility index (Phi) is 4.85. The van der Waals surface area contributed by atoms with Crippen LogP contribution in [0.4, 0.5) is 0 Å². The van der Waals surface area contributed by atoms with Crippen LogP contribution in [0.5, 0.6) is 5.75 Å². The molecule has 0 saturated carbocycles. The third-order valence-corrected chi connectivity index (χ3v) is 5.79. The minimum absolute atomic E-state index is 0.121. The van der Waals surface area contributed by atoms with Gasteiger partial charge in [-0.2, -0.15) is 5.10 Å². The van der Waals surface area contributed by atoms with E-state index in [0.717, 1.165) is 51.5 Å². The number of benzene rings is 3. The largest absolute Gasteiger partial charge is 0.493 e. The summed E-state index contributed by atoms with van der Waals surface area (Å²) in [5, 5.41) is 13.7. The van der Waals surface area contributed by atoms with E-state index in [1.54, 1.807) is 0 Å². The molecule has 2 heterocycles. The Morgan fingerprint density at radius 3 is 2.83 bits per heavy atom. The van der Waals surface area contributed by atoms with E-state index in [4.69, 9.17) is 10.5 Å². The van der Waals surface area contributed by atoms with Gasteiger partial charge in [0, 0.05) is 28.5 Å². The van der Waals surface area contributed by atoms with Crippen LogP contribution in [0.3, 0.4) is 0 Å². The first-order valence-corrected chi connectivity index (χ1v) is 10.3. The number of hydrogen-bond donors (Lipinski definition) is 3. The zero-order valence-electron chi connectivity index (χ0n) is 16.6. The molecule has 0 fully saturated rings. The zero-order valence-corrected chi connectivity index (χ0v) is 16.6. The third kappa shape index (κ3) is 3.39. The van der Waals surface area contributed by atoms with Crippen LogP contribution in [-0.4, -0.2) is 28.8 Å². The summed E-state index contributed by atoms with van der Waals surface area (Å²) in [5.41, 5.74) is 9.04. The second-order valence-electron chi connectivity index (χ2n) is 7.79. The molecule has 152 valence electrons. The molecule has 1 aliphatic rings. The number of nitrogens with two attached hydrogens (primary N) is 1. The molecule has 0 spiro atoms. The van der Waals surface area contributed by atoms with E-state index in [1.165, 1.54) is 0 Å². The fourth-order valence-electron chi connectivity index (χ4n) is 4.22. The summed E-state index contributed by atoms with van der Waals surface area (Å²) in [7, 11) is 0. The normalized spacial score (nSPS) is 17.2. The highest BCUT2D eigenvalue weighted by molar-refractivity contribution is 5.90. The molecule has 0 radical (unpaired) electrons. The van der Waals surface area contributed by atoms with Crippen LogP contribution in [0.15, 0.2) is 60.7 Å². The zero-order chi connectivity index (χ0) is 20.5. The van der Waals surface area contributed by atoms with Crippen molar-refractivity contribution in [1.82, 2.24) is 15.5 Å². The van der Waals surface area contributed by atoms with Crippen LogP contribution in [0, 0.1) is 0 Å². The minimum atomic E-state index is -0.665. The lowest BCUT2D eigenvalue weighted by Gasteiger charge is -2.21. The SMILES string of the molecule is NC(Cc1[nH]nc2ccccc12)C(=O)NC1CCCOc2c1ccc1ccccc21. The predicted molar refractivity (Wildman–Crippen MR) is 117 cm³/mol. The smallest absolute Gasteiger partial charge is 0.237 e. The van der Waals surface area contributed by atoms with Gasteiger partial charge in [0.1, 0.15) is 5.75 Å². The average molecular weight is 400 g/mol. The lowest BCUT2D eigenvalue weighted by atomic mass is 9.97. The molecule has 6 heteroatoms. The fraction of sp³-hybridized carbons (Fsp3) is 0.250. The van der Waals surface area contributed by atoms with Crippen molar-refractivity contribution in [2.75, 3.05) is 6.61 Å². The number of ether oxygens (including phenoxy) is 1. The van der Waals surface area contributed by atoms with Crippen LogP contribution < -0.4 is 15.8 Å². The van der Waals surface area contributed by atoms with Crippen molar-refractivity contribution in [1.29, 1.82) is 0 Å². The molecule has 4 N–H and O–H groups in total. The number of aromatic amines is 1. The topological polar surface area (TPSA) is 93.0 Å². The molecule has 0 saturated heterocycles. The number of amides is 1. The molecule has 5 rings (SSSR count). The second-order valence-corrected chi connectivity index (χ2v) is 7.79. The first-order chi connectivity index (χ1) is 14.7. The van der Waals surface area contributed by atoms with Gasteiger partial charge in [-0.3, -0.25) is 9.89 Å². The number of nitrogens with zero attached hydrogens (tertiary/aromatic N) is 1. The molecular formula is C24H24N4O2. The number of nitrogens with one attached hydrogen (secondary N) is 2. The van der Waals surface area contributed by atoms with Gasteiger partial charge in [0.2, 0.25) is 5.91 Å². The molecule has 6 nitrogen and oxygen atoms in total. The molecule has 2 atom stereocenters. The highest BCUT2D eigenvalue weighted by Crippen LogP contribution is 2.37. The van der Waals surface area contributed by atoms with Gasteiger partial charge in [-0.1, -0.05) is 54.6 Å². The summed E-state index contributed by atoms with van der Waals surface area (Å²) in [6.07, 6.45) is 2.09. The van der Waals surface area contributed by atoms with Crippen LogP contribution >= 0.6 is 0 Å². The maximum Gasteiger partial charge on any atom is 0.237 e. The average Bonchev–Trinajstić information content (AvgIpc) is 3.06. The van der Waals surface area contributed by atoms with Crippen molar-refractivity contribution in [3.63, 3.8) is 0 Å². The molecule has 1 amide bonds. The van der Waals surface area contributed by atoms with Crippen LogP contribution in [0.1, 0.15) is 30.1 Å². The van der Waals surface area contributed by atoms with Gasteiger partial charge in [-0.25, -0.2) is 0 Å². The summed E-state index contributed by atoms with van der Waals surface area (Å²) < 4.78 is 6.07. The Hall–Kier alpha value is -3.38. The van der Waals surface area contributed by atoms with Gasteiger partial charge in [0.15, 0.2) is 0 Å². The molecule has 1 aliphatic heterocycles. The van der Waals surface area contributed by atoms with Crippen molar-refractivity contribution in [3.05, 3.63) is 71.9 Å². The van der Waals surface area contributed by atoms with Gasteiger partial charge in [-0.05, 0) is 24.3 Å². The van der Waals surface area contributed by atoms with Gasteiger partial charge in [0.25, 0.3) is 0 Å². The van der Waals surface area contributed by atoms with E-state index in [1.807, 2.05) is 36.4 Å². The van der Waals surface area contributed by atoms with E-state index in [-0.39, 0.29) is 11.9 Å². The molecule has 3 aromatic carbocycles. The highest BCUT2D eigenvalue weighted by atomic mass is 16.5. The fourth-order valence-corrected chi connectivity index (χ4v) is 4.22. The van der Waals surface area contributed by atoms with E-state index in [9.17, 15) is 4.79 Å². The van der Waals surface area contributed by atoms with Gasteiger partial charge < -0.3 is 15.8 Å². The minimum Gasteiger partial charge on any atom is -0.493 e. The van der Waals surface area contributed by atoms with Crippen LogP contribution in [0.25, 0.3) is 21.7 Å². The Balaban J connectivity index is 1.37. The van der Waals surface area contributed by atoms with Crippen molar-refractivity contribution in [2.24, 2.45) is 5.73 Å². The van der Waals surface area contributed by atoms with Crippen LogP contribution in [0.2, 0.25) is 0 Å². The second kappa shape index (κ2) is 7.80. The number of aromatic nitrogens is 2. The summed E-state index contributed by atoms with van der Waals surface area (Å²) >= 11 is 0. The van der Waals surface area contributed by atoms with E-state index < -0.39 is 6.04 Å². The lowest BCUT2D eigenvalue weighted by molar-refractivity contribution is -0.123. The molecule has 0 bridgehead atoms. The summed E-state index contributed by atoms with van der Waals surface area (Å²) in [6, 6.07) is 19.3. The molecule has 2 unspecified atom stereocenters. The molecule has 0 aliphatic carbocycles. The van der Waals surface area contributed by atoms with E-state index in [2.05, 4.69) is 39.8 Å². The van der Waals surface area contributed by atoms with Gasteiger partial charge in [-0.15, -0.1) is 0 Å². The Bertz CT molecular complexity index is 1220.